The van der Waals surface area contributed by atoms with Gasteiger partial charge in [0.25, 0.3) is 0 Å². The molecule has 2 fully saturated rings. The van der Waals surface area contributed by atoms with Crippen molar-refractivity contribution in [2.45, 2.75) is 43.6 Å². The summed E-state index contributed by atoms with van der Waals surface area (Å²) in [5.41, 5.74) is 0.532. The van der Waals surface area contributed by atoms with Crippen molar-refractivity contribution in [1.29, 1.82) is 0 Å². The molecule has 2 saturated heterocycles. The van der Waals surface area contributed by atoms with E-state index >= 15 is 0 Å². The lowest BCUT2D eigenvalue weighted by atomic mass is 9.99. The van der Waals surface area contributed by atoms with E-state index in [1.165, 1.54) is 0 Å². The first-order chi connectivity index (χ1) is 8.74. The summed E-state index contributed by atoms with van der Waals surface area (Å²) in [5.74, 6) is -0.355. The van der Waals surface area contributed by atoms with Gasteiger partial charge < -0.3 is 15.2 Å². The molecule has 2 aliphatic rings. The molecule has 1 aromatic rings. The average molecular weight is 247 g/mol. The van der Waals surface area contributed by atoms with Gasteiger partial charge in [-0.15, -0.1) is 0 Å². The average Bonchev–Trinajstić information content (AvgIpc) is 2.79. The second-order valence-corrected chi connectivity index (χ2v) is 5.09. The third-order valence-corrected chi connectivity index (χ3v) is 3.83. The Labute approximate surface area is 106 Å². The maximum Gasteiger partial charge on any atom is 0.338 e. The van der Waals surface area contributed by atoms with Crippen molar-refractivity contribution in [2.75, 3.05) is 0 Å². The molecule has 2 bridgehead atoms. The highest BCUT2D eigenvalue weighted by Gasteiger charge is 2.43. The first-order valence-corrected chi connectivity index (χ1v) is 6.44. The van der Waals surface area contributed by atoms with Crippen molar-refractivity contribution in [3.63, 3.8) is 0 Å². The van der Waals surface area contributed by atoms with Gasteiger partial charge in [-0.1, -0.05) is 18.2 Å². The Balaban J connectivity index is 1.70. The number of carbonyl (C=O) groups excluding carboxylic acids is 1. The number of benzene rings is 1. The fourth-order valence-corrected chi connectivity index (χ4v) is 2.92. The smallest absolute Gasteiger partial charge is 0.338 e. The maximum absolute atomic E-state index is 12.0. The van der Waals surface area contributed by atoms with Crippen LogP contribution in [0.15, 0.2) is 30.3 Å². The number of ether oxygens (including phenoxy) is 1. The van der Waals surface area contributed by atoms with Gasteiger partial charge in [-0.05, 0) is 31.4 Å². The molecule has 4 nitrogen and oxygen atoms in total. The summed E-state index contributed by atoms with van der Waals surface area (Å²) in [6, 6.07) is 9.40. The van der Waals surface area contributed by atoms with E-state index in [9.17, 15) is 9.90 Å². The third-order valence-electron chi connectivity index (χ3n) is 3.83. The standard InChI is InChI=1S/C14H17NO3/c16-12-8-10-6-7-11(15-10)13(12)18-14(17)9-4-2-1-3-5-9/h1-5,10-13,15-16H,6-8H2. The number of hydrogen-bond acceptors (Lipinski definition) is 4. The normalized spacial score (nSPS) is 34.3. The van der Waals surface area contributed by atoms with E-state index in [2.05, 4.69) is 5.32 Å². The van der Waals surface area contributed by atoms with E-state index in [1.54, 1.807) is 24.3 Å². The lowest BCUT2D eigenvalue weighted by Gasteiger charge is -2.34. The van der Waals surface area contributed by atoms with E-state index in [4.69, 9.17) is 4.74 Å². The molecule has 0 aromatic heterocycles. The molecule has 0 amide bonds. The van der Waals surface area contributed by atoms with E-state index in [0.717, 1.165) is 12.8 Å². The quantitative estimate of drug-likeness (QED) is 0.768. The Hall–Kier alpha value is -1.39. The molecule has 0 radical (unpaired) electrons. The van der Waals surface area contributed by atoms with E-state index in [1.807, 2.05) is 6.07 Å². The van der Waals surface area contributed by atoms with Crippen LogP contribution in [-0.2, 0) is 4.74 Å². The minimum atomic E-state index is -0.545. The fourth-order valence-electron chi connectivity index (χ4n) is 2.92. The van der Waals surface area contributed by atoms with Gasteiger partial charge >= 0.3 is 5.97 Å². The van der Waals surface area contributed by atoms with Gasteiger partial charge in [0.05, 0.1) is 11.7 Å². The molecule has 3 rings (SSSR count). The van der Waals surface area contributed by atoms with Gasteiger partial charge in [-0.2, -0.15) is 0 Å². The largest absolute Gasteiger partial charge is 0.454 e. The minimum absolute atomic E-state index is 0.103. The maximum atomic E-state index is 12.0. The zero-order valence-corrected chi connectivity index (χ0v) is 10.1. The van der Waals surface area contributed by atoms with Crippen LogP contribution in [0.1, 0.15) is 29.6 Å². The molecule has 4 heteroatoms. The SMILES string of the molecule is O=C(OC1C(O)CC2CCC1N2)c1ccccc1. The molecule has 2 heterocycles. The summed E-state index contributed by atoms with van der Waals surface area (Å²) in [6.07, 6.45) is 1.73. The number of hydrogen-bond donors (Lipinski definition) is 2. The topological polar surface area (TPSA) is 58.6 Å². The molecule has 18 heavy (non-hydrogen) atoms. The number of carbonyl (C=O) groups is 1. The highest BCUT2D eigenvalue weighted by Crippen LogP contribution is 2.29. The van der Waals surface area contributed by atoms with Gasteiger partial charge in [-0.25, -0.2) is 4.79 Å². The van der Waals surface area contributed by atoms with Crippen molar-refractivity contribution in [2.24, 2.45) is 0 Å². The second-order valence-electron chi connectivity index (χ2n) is 5.09. The summed E-state index contributed by atoms with van der Waals surface area (Å²) in [4.78, 5) is 12.0. The van der Waals surface area contributed by atoms with Gasteiger partial charge in [0.1, 0.15) is 6.10 Å². The zero-order chi connectivity index (χ0) is 12.5. The minimum Gasteiger partial charge on any atom is -0.454 e. The monoisotopic (exact) mass is 247 g/mol. The Morgan fingerprint density at radius 2 is 2.06 bits per heavy atom. The first kappa shape index (κ1) is 11.7. The molecule has 0 aliphatic carbocycles. The van der Waals surface area contributed by atoms with E-state index in [0.29, 0.717) is 18.0 Å². The highest BCUT2D eigenvalue weighted by atomic mass is 16.6. The number of aliphatic hydroxyl groups is 1. The number of aliphatic hydroxyl groups excluding tert-OH is 1. The van der Waals surface area contributed by atoms with Crippen molar-refractivity contribution >= 4 is 5.97 Å². The Bertz CT molecular complexity index is 434. The highest BCUT2D eigenvalue weighted by molar-refractivity contribution is 5.89. The summed E-state index contributed by atoms with van der Waals surface area (Å²) in [5, 5.41) is 13.4. The summed E-state index contributed by atoms with van der Waals surface area (Å²) in [7, 11) is 0. The van der Waals surface area contributed by atoms with Gasteiger partial charge in [-0.3, -0.25) is 0 Å². The van der Waals surface area contributed by atoms with Crippen LogP contribution < -0.4 is 5.32 Å². The van der Waals surface area contributed by atoms with Crippen LogP contribution in [0.2, 0.25) is 0 Å². The molecular weight excluding hydrogens is 230 g/mol. The van der Waals surface area contributed by atoms with Crippen molar-refractivity contribution < 1.29 is 14.6 Å². The molecular formula is C14H17NO3. The van der Waals surface area contributed by atoms with E-state index < -0.39 is 12.2 Å². The van der Waals surface area contributed by atoms with E-state index in [-0.39, 0.29) is 12.0 Å². The third kappa shape index (κ3) is 2.13. The molecule has 0 saturated carbocycles. The number of fused-ring (bicyclic) bond motifs is 2. The molecule has 96 valence electrons. The van der Waals surface area contributed by atoms with Crippen molar-refractivity contribution in [1.82, 2.24) is 5.32 Å². The van der Waals surface area contributed by atoms with Crippen molar-refractivity contribution in [3.8, 4) is 0 Å². The lowest BCUT2D eigenvalue weighted by molar-refractivity contribution is -0.0469. The predicted molar refractivity (Wildman–Crippen MR) is 66.2 cm³/mol. The van der Waals surface area contributed by atoms with Crippen LogP contribution in [0.4, 0.5) is 0 Å². The Morgan fingerprint density at radius 1 is 1.28 bits per heavy atom. The summed E-state index contributed by atoms with van der Waals surface area (Å²) < 4.78 is 5.47. The van der Waals surface area contributed by atoms with Crippen LogP contribution in [-0.4, -0.2) is 35.4 Å². The zero-order valence-electron chi connectivity index (χ0n) is 10.1. The summed E-state index contributed by atoms with van der Waals surface area (Å²) >= 11 is 0. The van der Waals surface area contributed by atoms with Crippen LogP contribution in [0, 0.1) is 0 Å². The molecule has 4 atom stereocenters. The predicted octanol–water partition coefficient (Wildman–Crippen LogP) is 1.10. The second kappa shape index (κ2) is 4.71. The molecule has 0 spiro atoms. The van der Waals surface area contributed by atoms with Crippen LogP contribution in [0.3, 0.4) is 0 Å². The van der Waals surface area contributed by atoms with Gasteiger partial charge in [0.2, 0.25) is 0 Å². The summed E-state index contributed by atoms with van der Waals surface area (Å²) in [6.45, 7) is 0. The Morgan fingerprint density at radius 3 is 2.83 bits per heavy atom. The fraction of sp³-hybridized carbons (Fsp3) is 0.500. The van der Waals surface area contributed by atoms with Crippen LogP contribution in [0.5, 0.6) is 0 Å². The van der Waals surface area contributed by atoms with Gasteiger partial charge in [0.15, 0.2) is 0 Å². The number of piperidine rings is 1. The number of rotatable bonds is 2. The first-order valence-electron chi connectivity index (χ1n) is 6.44. The lowest BCUT2D eigenvalue weighted by Crippen LogP contribution is -2.53. The van der Waals surface area contributed by atoms with Crippen LogP contribution in [0.25, 0.3) is 0 Å². The molecule has 2 N–H and O–H groups in total. The van der Waals surface area contributed by atoms with Crippen LogP contribution >= 0.6 is 0 Å². The van der Waals surface area contributed by atoms with Gasteiger partial charge in [0, 0.05) is 12.1 Å². The molecule has 4 unspecified atom stereocenters. The number of nitrogens with one attached hydrogen (secondary N) is 1. The number of esters is 1. The molecule has 1 aromatic carbocycles. The molecule has 2 aliphatic heterocycles. The van der Waals surface area contributed by atoms with Crippen molar-refractivity contribution in [3.05, 3.63) is 35.9 Å². The Kier molecular flexibility index (Phi) is 3.06.